The molecule has 0 bridgehead atoms. The fraction of sp³-hybridized carbons (Fsp3) is 0.846. The summed E-state index contributed by atoms with van der Waals surface area (Å²) in [6.45, 7) is 11.5. The lowest BCUT2D eigenvalue weighted by Crippen LogP contribution is -2.38. The van der Waals surface area contributed by atoms with Crippen LogP contribution in [0.5, 0.6) is 0 Å². The summed E-state index contributed by atoms with van der Waals surface area (Å²) < 4.78 is 0. The number of hydrogen-bond acceptors (Lipinski definition) is 3. The van der Waals surface area contributed by atoms with Gasteiger partial charge >= 0.3 is 0 Å². The van der Waals surface area contributed by atoms with E-state index >= 15 is 0 Å². The smallest absolute Gasteiger partial charge is 0.0194 e. The number of nitrogens with one attached hydrogen (secondary N) is 1. The van der Waals surface area contributed by atoms with E-state index in [-0.39, 0.29) is 0 Å². The van der Waals surface area contributed by atoms with E-state index in [1.54, 1.807) is 11.1 Å². The Morgan fingerprint density at radius 3 is 2.31 bits per heavy atom. The molecule has 0 unspecified atom stereocenters. The molecule has 1 saturated heterocycles. The summed E-state index contributed by atoms with van der Waals surface area (Å²) in [5.74, 6) is 0. The number of rotatable bonds is 7. The summed E-state index contributed by atoms with van der Waals surface area (Å²) in [6, 6.07) is 0. The van der Waals surface area contributed by atoms with Gasteiger partial charge in [0.1, 0.15) is 0 Å². The van der Waals surface area contributed by atoms with Crippen LogP contribution in [-0.4, -0.2) is 63.2 Å². The largest absolute Gasteiger partial charge is 0.309 e. The Hall–Kier alpha value is -0.380. The van der Waals surface area contributed by atoms with Crippen molar-refractivity contribution in [1.29, 1.82) is 0 Å². The Kier molecular flexibility index (Phi) is 6.03. The van der Waals surface area contributed by atoms with E-state index in [9.17, 15) is 0 Å². The van der Waals surface area contributed by atoms with Crippen molar-refractivity contribution >= 4 is 0 Å². The highest BCUT2D eigenvalue weighted by molar-refractivity contribution is 5.22. The van der Waals surface area contributed by atoms with Crippen molar-refractivity contribution in [2.75, 3.05) is 53.4 Å². The maximum atomic E-state index is 3.31. The van der Waals surface area contributed by atoms with Crippen LogP contribution >= 0.6 is 0 Å². The van der Waals surface area contributed by atoms with Crippen LogP contribution in [0.2, 0.25) is 0 Å². The maximum absolute atomic E-state index is 3.31. The van der Waals surface area contributed by atoms with Gasteiger partial charge in [-0.2, -0.15) is 0 Å². The van der Waals surface area contributed by atoms with E-state index in [1.807, 2.05) is 0 Å². The number of nitrogens with zero attached hydrogens (tertiary/aromatic N) is 2. The molecule has 3 nitrogen and oxygen atoms in total. The predicted octanol–water partition coefficient (Wildman–Crippen LogP) is 1.18. The van der Waals surface area contributed by atoms with Crippen LogP contribution in [-0.2, 0) is 0 Å². The zero-order valence-corrected chi connectivity index (χ0v) is 11.3. The van der Waals surface area contributed by atoms with E-state index in [2.05, 4.69) is 43.1 Å². The summed E-state index contributed by atoms with van der Waals surface area (Å²) in [4.78, 5) is 4.83. The normalized spacial score (nSPS) is 15.8. The molecule has 1 fully saturated rings. The third-order valence-electron chi connectivity index (χ3n) is 3.14. The molecular formula is C13H27N3. The molecule has 1 aliphatic rings. The lowest BCUT2D eigenvalue weighted by atomic mass is 10.0. The molecule has 1 heterocycles. The van der Waals surface area contributed by atoms with Gasteiger partial charge < -0.3 is 10.2 Å². The maximum Gasteiger partial charge on any atom is 0.0194 e. The summed E-state index contributed by atoms with van der Waals surface area (Å²) in [7, 11) is 4.29. The molecule has 16 heavy (non-hydrogen) atoms. The van der Waals surface area contributed by atoms with Crippen molar-refractivity contribution in [3.63, 3.8) is 0 Å². The minimum Gasteiger partial charge on any atom is -0.309 e. The lowest BCUT2D eigenvalue weighted by molar-refractivity contribution is 0.256. The van der Waals surface area contributed by atoms with Gasteiger partial charge in [0.2, 0.25) is 0 Å². The molecule has 0 amide bonds. The zero-order chi connectivity index (χ0) is 12.0. The Bertz CT molecular complexity index is 227. The van der Waals surface area contributed by atoms with Gasteiger partial charge in [-0.1, -0.05) is 12.5 Å². The van der Waals surface area contributed by atoms with Gasteiger partial charge in [-0.15, -0.1) is 0 Å². The van der Waals surface area contributed by atoms with Gasteiger partial charge in [0, 0.05) is 32.7 Å². The molecule has 0 aromatic rings. The van der Waals surface area contributed by atoms with E-state index in [0.29, 0.717) is 0 Å². The van der Waals surface area contributed by atoms with E-state index in [1.165, 1.54) is 19.5 Å². The average molecular weight is 225 g/mol. The minimum atomic E-state index is 1.11. The van der Waals surface area contributed by atoms with Gasteiger partial charge in [0.05, 0.1) is 0 Å². The monoisotopic (exact) mass is 225 g/mol. The van der Waals surface area contributed by atoms with Gasteiger partial charge in [-0.05, 0) is 39.6 Å². The molecule has 1 aliphatic heterocycles. The topological polar surface area (TPSA) is 18.5 Å². The van der Waals surface area contributed by atoms with Crippen molar-refractivity contribution in [1.82, 2.24) is 15.1 Å². The summed E-state index contributed by atoms with van der Waals surface area (Å²) in [5.41, 5.74) is 3.19. The van der Waals surface area contributed by atoms with Crippen molar-refractivity contribution in [2.24, 2.45) is 0 Å². The minimum absolute atomic E-state index is 1.11. The first-order chi connectivity index (χ1) is 7.63. The molecule has 0 aliphatic carbocycles. The van der Waals surface area contributed by atoms with Crippen LogP contribution in [0.15, 0.2) is 11.1 Å². The van der Waals surface area contributed by atoms with Crippen LogP contribution in [0.1, 0.15) is 20.3 Å². The standard InChI is InChI=1S/C13H27N3/c1-5-6-16(8-7-15(3)4)11-12(2)13-9-14-10-13/h14H,5-11H2,1-4H3. The Morgan fingerprint density at radius 2 is 1.88 bits per heavy atom. The van der Waals surface area contributed by atoms with Gasteiger partial charge in [0.15, 0.2) is 0 Å². The molecule has 0 spiro atoms. The van der Waals surface area contributed by atoms with E-state index < -0.39 is 0 Å². The second-order valence-electron chi connectivity index (χ2n) is 5.07. The van der Waals surface area contributed by atoms with Crippen LogP contribution in [0.3, 0.4) is 0 Å². The molecule has 0 saturated carbocycles. The Balaban J connectivity index is 2.37. The van der Waals surface area contributed by atoms with Crippen molar-refractivity contribution < 1.29 is 0 Å². The highest BCUT2D eigenvalue weighted by Crippen LogP contribution is 2.10. The molecule has 0 aromatic heterocycles. The van der Waals surface area contributed by atoms with Gasteiger partial charge in [0.25, 0.3) is 0 Å². The van der Waals surface area contributed by atoms with Crippen molar-refractivity contribution in [3.8, 4) is 0 Å². The molecule has 1 N–H and O–H groups in total. The van der Waals surface area contributed by atoms with E-state index in [0.717, 1.165) is 26.2 Å². The predicted molar refractivity (Wildman–Crippen MR) is 70.9 cm³/mol. The van der Waals surface area contributed by atoms with Crippen molar-refractivity contribution in [2.45, 2.75) is 20.3 Å². The van der Waals surface area contributed by atoms with E-state index in [4.69, 9.17) is 0 Å². The summed E-state index contributed by atoms with van der Waals surface area (Å²) in [5, 5.41) is 3.31. The molecule has 94 valence electrons. The molecular weight excluding hydrogens is 198 g/mol. The van der Waals surface area contributed by atoms with Crippen LogP contribution in [0, 0.1) is 0 Å². The Morgan fingerprint density at radius 1 is 1.19 bits per heavy atom. The third kappa shape index (κ3) is 4.64. The van der Waals surface area contributed by atoms with Gasteiger partial charge in [-0.25, -0.2) is 0 Å². The van der Waals surface area contributed by atoms with Crippen LogP contribution in [0.4, 0.5) is 0 Å². The molecule has 1 rings (SSSR count). The number of likely N-dealkylation sites (N-methyl/N-ethyl adjacent to an activating group) is 1. The molecule has 3 heteroatoms. The zero-order valence-electron chi connectivity index (χ0n) is 11.3. The fourth-order valence-electron chi connectivity index (χ4n) is 1.93. The van der Waals surface area contributed by atoms with Crippen LogP contribution in [0.25, 0.3) is 0 Å². The summed E-state index contributed by atoms with van der Waals surface area (Å²) in [6.07, 6.45) is 1.24. The quantitative estimate of drug-likeness (QED) is 0.656. The second kappa shape index (κ2) is 7.05. The third-order valence-corrected chi connectivity index (χ3v) is 3.14. The van der Waals surface area contributed by atoms with Crippen molar-refractivity contribution in [3.05, 3.63) is 11.1 Å². The number of hydrogen-bond donors (Lipinski definition) is 1. The highest BCUT2D eigenvalue weighted by atomic mass is 15.2. The molecule has 0 radical (unpaired) electrons. The fourth-order valence-corrected chi connectivity index (χ4v) is 1.93. The second-order valence-corrected chi connectivity index (χ2v) is 5.07. The molecule has 0 atom stereocenters. The first-order valence-electron chi connectivity index (χ1n) is 6.38. The first kappa shape index (κ1) is 13.7. The molecule has 0 aromatic carbocycles. The first-order valence-corrected chi connectivity index (χ1v) is 6.38. The highest BCUT2D eigenvalue weighted by Gasteiger charge is 2.13. The summed E-state index contributed by atoms with van der Waals surface area (Å²) >= 11 is 0. The Labute approximate surface area is 100 Å². The lowest BCUT2D eigenvalue weighted by Gasteiger charge is -2.28. The average Bonchev–Trinajstić information content (AvgIpc) is 2.11. The SMILES string of the molecule is CCCN(CCN(C)C)CC(C)=C1CNC1. The van der Waals surface area contributed by atoms with Crippen LogP contribution < -0.4 is 5.32 Å². The van der Waals surface area contributed by atoms with Gasteiger partial charge in [-0.3, -0.25) is 4.90 Å².